The number of carbonyl (C=O) groups is 2. The highest BCUT2D eigenvalue weighted by molar-refractivity contribution is 7.92. The second kappa shape index (κ2) is 14.3. The summed E-state index contributed by atoms with van der Waals surface area (Å²) >= 11 is 6.29. The molecule has 3 aromatic carbocycles. The molecule has 1 atom stereocenters. The number of aryl methyl sites for hydroxylation is 2. The lowest BCUT2D eigenvalue weighted by Gasteiger charge is -2.35. The molecule has 0 saturated heterocycles. The van der Waals surface area contributed by atoms with Crippen molar-refractivity contribution < 1.29 is 27.7 Å². The van der Waals surface area contributed by atoms with Gasteiger partial charge in [-0.3, -0.25) is 24.0 Å². The summed E-state index contributed by atoms with van der Waals surface area (Å²) in [4.78, 5) is 39.9. The second-order valence-electron chi connectivity index (χ2n) is 11.6. The van der Waals surface area contributed by atoms with Crippen molar-refractivity contribution in [3.8, 4) is 5.75 Å². The second-order valence-corrected chi connectivity index (χ2v) is 13.9. The normalized spacial score (nSPS) is 12.3. The monoisotopic (exact) mass is 658 g/mol. The number of hydrogen-bond donors (Lipinski definition) is 1. The lowest BCUT2D eigenvalue weighted by atomic mass is 10.0. The number of hydrogen-bond acceptors (Lipinski definition) is 7. The summed E-state index contributed by atoms with van der Waals surface area (Å²) in [6.07, 6.45) is 0.247. The minimum absolute atomic E-state index is 0.0259. The lowest BCUT2D eigenvalue weighted by molar-refractivity contribution is -0.385. The van der Waals surface area contributed by atoms with E-state index in [0.29, 0.717) is 0 Å². The average Bonchev–Trinajstić information content (AvgIpc) is 2.95. The maximum atomic E-state index is 14.4. The molecule has 45 heavy (non-hydrogen) atoms. The highest BCUT2D eigenvalue weighted by Gasteiger charge is 2.36. The molecule has 0 fully saturated rings. The third-order valence-electron chi connectivity index (χ3n) is 7.14. The smallest absolute Gasteiger partial charge is 0.273 e. The van der Waals surface area contributed by atoms with Gasteiger partial charge < -0.3 is 15.0 Å². The van der Waals surface area contributed by atoms with Gasteiger partial charge in [0, 0.05) is 28.7 Å². The number of ether oxygens (including phenoxy) is 1. The van der Waals surface area contributed by atoms with E-state index in [0.717, 1.165) is 21.5 Å². The maximum Gasteiger partial charge on any atom is 0.273 e. The van der Waals surface area contributed by atoms with Crippen molar-refractivity contribution in [1.29, 1.82) is 0 Å². The van der Waals surface area contributed by atoms with Crippen LogP contribution in [0.5, 0.6) is 5.75 Å². The number of anilines is 1. The molecule has 0 spiro atoms. The quantitative estimate of drug-likeness (QED) is 0.192. The fourth-order valence-corrected chi connectivity index (χ4v) is 6.39. The molecule has 0 saturated carbocycles. The predicted molar refractivity (Wildman–Crippen MR) is 174 cm³/mol. The first-order chi connectivity index (χ1) is 21.0. The molecule has 0 aliphatic carbocycles. The zero-order valence-electron chi connectivity index (χ0n) is 26.5. The van der Waals surface area contributed by atoms with Crippen LogP contribution in [0.25, 0.3) is 0 Å². The Morgan fingerprint density at radius 1 is 1.04 bits per heavy atom. The van der Waals surface area contributed by atoms with E-state index in [9.17, 15) is 28.1 Å². The van der Waals surface area contributed by atoms with Crippen LogP contribution in [0.3, 0.4) is 0 Å². The lowest BCUT2D eigenvalue weighted by Crippen LogP contribution is -2.55. The molecule has 0 radical (unpaired) electrons. The Morgan fingerprint density at radius 3 is 2.29 bits per heavy atom. The van der Waals surface area contributed by atoms with Crippen molar-refractivity contribution in [1.82, 2.24) is 10.2 Å². The predicted octanol–water partition coefficient (Wildman–Crippen LogP) is 5.79. The van der Waals surface area contributed by atoms with Gasteiger partial charge in [-0.05, 0) is 76.4 Å². The molecule has 3 aromatic rings. The Hall–Kier alpha value is -4.16. The minimum Gasteiger partial charge on any atom is -0.495 e. The van der Waals surface area contributed by atoms with Gasteiger partial charge in [0.25, 0.3) is 15.7 Å². The Balaban J connectivity index is 2.21. The number of methoxy groups -OCH3 is 1. The van der Waals surface area contributed by atoms with Crippen LogP contribution in [0.4, 0.5) is 11.4 Å². The SMILES string of the molecule is CC[C@@H](C(=O)NC(C)(C)C)N(Cc1ccccc1C)C(=O)CN(c1cc(Cl)ccc1OC)S(=O)(=O)c1ccc(C)c([N+](=O)[O-])c1. The number of halogens is 1. The number of nitro groups is 1. The largest absolute Gasteiger partial charge is 0.495 e. The summed E-state index contributed by atoms with van der Waals surface area (Å²) in [5.41, 5.74) is 0.884. The maximum absolute atomic E-state index is 14.4. The summed E-state index contributed by atoms with van der Waals surface area (Å²) in [7, 11) is -3.29. The molecule has 2 amide bonds. The molecule has 11 nitrogen and oxygen atoms in total. The minimum atomic E-state index is -4.63. The van der Waals surface area contributed by atoms with E-state index in [-0.39, 0.29) is 35.0 Å². The van der Waals surface area contributed by atoms with E-state index in [2.05, 4.69) is 5.32 Å². The van der Waals surface area contributed by atoms with E-state index < -0.39 is 55.5 Å². The number of benzene rings is 3. The number of nitrogens with zero attached hydrogens (tertiary/aromatic N) is 3. The summed E-state index contributed by atoms with van der Waals surface area (Å²) in [6.45, 7) is 9.89. The summed E-state index contributed by atoms with van der Waals surface area (Å²) in [5, 5.41) is 14.8. The van der Waals surface area contributed by atoms with Gasteiger partial charge in [-0.25, -0.2) is 8.42 Å². The Bertz CT molecular complexity index is 1690. The van der Waals surface area contributed by atoms with Crippen molar-refractivity contribution in [2.24, 2.45) is 0 Å². The van der Waals surface area contributed by atoms with E-state index in [1.54, 1.807) is 6.92 Å². The average molecular weight is 659 g/mol. The van der Waals surface area contributed by atoms with E-state index in [1.807, 2.05) is 52.0 Å². The Labute approximate surface area is 269 Å². The number of amides is 2. The molecule has 0 unspecified atom stereocenters. The first-order valence-corrected chi connectivity index (χ1v) is 16.1. The standard InChI is InChI=1S/C32H39ClN4O7S/c1-8-26(31(39)34-32(4,5)6)35(19-23-12-10-9-11-21(23)2)30(38)20-36(28-17-24(33)14-16-29(28)44-7)45(42,43)25-15-13-22(3)27(18-25)37(40)41/h9-18,26H,8,19-20H2,1-7H3,(H,34,39)/t26-/m0/s1. The number of sulfonamides is 1. The van der Waals surface area contributed by atoms with Crippen LogP contribution in [-0.4, -0.2) is 55.3 Å². The van der Waals surface area contributed by atoms with E-state index >= 15 is 0 Å². The number of rotatable bonds is 12. The van der Waals surface area contributed by atoms with Crippen LogP contribution in [0.2, 0.25) is 5.02 Å². The molecule has 0 aliphatic heterocycles. The van der Waals surface area contributed by atoms with Crippen LogP contribution < -0.4 is 14.4 Å². The van der Waals surface area contributed by atoms with Crippen LogP contribution in [0.1, 0.15) is 50.8 Å². The van der Waals surface area contributed by atoms with Crippen LogP contribution in [-0.2, 0) is 26.2 Å². The fourth-order valence-electron chi connectivity index (χ4n) is 4.79. The third kappa shape index (κ3) is 8.52. The first-order valence-electron chi connectivity index (χ1n) is 14.3. The zero-order valence-corrected chi connectivity index (χ0v) is 28.0. The summed E-state index contributed by atoms with van der Waals surface area (Å²) in [5.74, 6) is -0.974. The van der Waals surface area contributed by atoms with Gasteiger partial charge in [0.15, 0.2) is 0 Å². The van der Waals surface area contributed by atoms with Gasteiger partial charge in [0.05, 0.1) is 22.6 Å². The highest BCUT2D eigenvalue weighted by atomic mass is 35.5. The topological polar surface area (TPSA) is 139 Å². The molecule has 0 aliphatic rings. The van der Waals surface area contributed by atoms with Crippen molar-refractivity contribution in [3.05, 3.63) is 92.5 Å². The van der Waals surface area contributed by atoms with Crippen LogP contribution in [0, 0.1) is 24.0 Å². The van der Waals surface area contributed by atoms with Crippen molar-refractivity contribution >= 4 is 44.8 Å². The highest BCUT2D eigenvalue weighted by Crippen LogP contribution is 2.36. The Morgan fingerprint density at radius 2 is 1.71 bits per heavy atom. The van der Waals surface area contributed by atoms with Gasteiger partial charge in [0.2, 0.25) is 11.8 Å². The third-order valence-corrected chi connectivity index (χ3v) is 9.13. The number of nitrogens with one attached hydrogen (secondary N) is 1. The van der Waals surface area contributed by atoms with Gasteiger partial charge in [0.1, 0.15) is 18.3 Å². The molecule has 0 heterocycles. The van der Waals surface area contributed by atoms with E-state index in [1.165, 1.54) is 49.3 Å². The van der Waals surface area contributed by atoms with Crippen LogP contribution in [0.15, 0.2) is 65.6 Å². The van der Waals surface area contributed by atoms with Gasteiger partial charge in [-0.15, -0.1) is 0 Å². The molecule has 13 heteroatoms. The molecular formula is C32H39ClN4O7S. The Kier molecular flexibility index (Phi) is 11.2. The van der Waals surface area contributed by atoms with Gasteiger partial charge >= 0.3 is 0 Å². The molecular weight excluding hydrogens is 620 g/mol. The van der Waals surface area contributed by atoms with Crippen molar-refractivity contribution in [3.63, 3.8) is 0 Å². The van der Waals surface area contributed by atoms with Crippen molar-refractivity contribution in [2.45, 2.75) is 71.0 Å². The summed E-state index contributed by atoms with van der Waals surface area (Å²) < 4.78 is 34.8. The first kappa shape index (κ1) is 35.3. The molecule has 0 aromatic heterocycles. The summed E-state index contributed by atoms with van der Waals surface area (Å²) in [6, 6.07) is 14.3. The number of nitro benzene ring substituents is 1. The molecule has 3 rings (SSSR count). The number of carbonyl (C=O) groups excluding carboxylic acids is 2. The van der Waals surface area contributed by atoms with Gasteiger partial charge in [-0.2, -0.15) is 0 Å². The van der Waals surface area contributed by atoms with E-state index in [4.69, 9.17) is 16.3 Å². The van der Waals surface area contributed by atoms with Gasteiger partial charge in [-0.1, -0.05) is 48.9 Å². The zero-order chi connectivity index (χ0) is 33.7. The van der Waals surface area contributed by atoms with Crippen LogP contribution >= 0.6 is 11.6 Å². The fraction of sp³-hybridized carbons (Fsp3) is 0.375. The molecule has 1 N–H and O–H groups in total. The molecule has 242 valence electrons. The molecule has 0 bridgehead atoms. The van der Waals surface area contributed by atoms with Crippen molar-refractivity contribution in [2.75, 3.05) is 18.0 Å².